The molecule has 2 amide bonds. The normalized spacial score (nSPS) is 11.5. The summed E-state index contributed by atoms with van der Waals surface area (Å²) >= 11 is 12.8. The molecular weight excluding hydrogens is 459 g/mol. The lowest BCUT2D eigenvalue weighted by molar-refractivity contribution is -0.142. The molecule has 0 fully saturated rings. The first-order valence-corrected chi connectivity index (χ1v) is 11.3. The zero-order chi connectivity index (χ0) is 23.8. The van der Waals surface area contributed by atoms with Gasteiger partial charge in [-0.25, -0.2) is 0 Å². The summed E-state index contributed by atoms with van der Waals surface area (Å²) in [5, 5.41) is 3.53. The molecule has 0 heterocycles. The summed E-state index contributed by atoms with van der Waals surface area (Å²) in [6, 6.07) is 21.4. The number of benzene rings is 3. The van der Waals surface area contributed by atoms with Crippen LogP contribution in [0.2, 0.25) is 10.0 Å². The summed E-state index contributed by atoms with van der Waals surface area (Å²) in [5.41, 5.74) is 2.52. The molecule has 0 aliphatic carbocycles. The van der Waals surface area contributed by atoms with E-state index in [1.807, 2.05) is 55.5 Å². The van der Waals surface area contributed by atoms with Crippen LogP contribution >= 0.6 is 23.2 Å². The zero-order valence-corrected chi connectivity index (χ0v) is 20.1. The number of nitrogens with zero attached hydrogens (tertiary/aromatic N) is 1. The monoisotopic (exact) mass is 484 g/mol. The van der Waals surface area contributed by atoms with Gasteiger partial charge < -0.3 is 15.0 Å². The van der Waals surface area contributed by atoms with Gasteiger partial charge in [-0.05, 0) is 42.3 Å². The highest BCUT2D eigenvalue weighted by Gasteiger charge is 2.31. The molecule has 0 aromatic heterocycles. The zero-order valence-electron chi connectivity index (χ0n) is 18.6. The van der Waals surface area contributed by atoms with Gasteiger partial charge in [-0.15, -0.1) is 0 Å². The van der Waals surface area contributed by atoms with Crippen molar-refractivity contribution in [2.24, 2.45) is 0 Å². The average molecular weight is 485 g/mol. The van der Waals surface area contributed by atoms with Crippen LogP contribution < -0.4 is 10.1 Å². The summed E-state index contributed by atoms with van der Waals surface area (Å²) in [6.07, 6.45) is 0.332. The van der Waals surface area contributed by atoms with Crippen LogP contribution in [-0.2, 0) is 22.6 Å². The van der Waals surface area contributed by atoms with E-state index in [2.05, 4.69) is 5.32 Å². The van der Waals surface area contributed by atoms with E-state index in [0.717, 1.165) is 11.1 Å². The van der Waals surface area contributed by atoms with Gasteiger partial charge in [0.05, 0.1) is 0 Å². The Labute approximate surface area is 204 Å². The van der Waals surface area contributed by atoms with Gasteiger partial charge in [0.1, 0.15) is 11.8 Å². The SMILES string of the molecule is CNC(=O)[C@@H](Cc1ccccc1)N(Cc1c(Cl)cccc1Cl)C(=O)COc1cccc(C)c1. The van der Waals surface area contributed by atoms with Crippen molar-refractivity contribution >= 4 is 35.0 Å². The van der Waals surface area contributed by atoms with E-state index in [1.165, 1.54) is 4.90 Å². The van der Waals surface area contributed by atoms with Crippen molar-refractivity contribution in [2.75, 3.05) is 13.7 Å². The Morgan fingerprint density at radius 2 is 1.64 bits per heavy atom. The van der Waals surface area contributed by atoms with Crippen molar-refractivity contribution in [2.45, 2.75) is 25.9 Å². The molecule has 0 aliphatic heterocycles. The summed E-state index contributed by atoms with van der Waals surface area (Å²) in [6.45, 7) is 1.79. The van der Waals surface area contributed by atoms with Crippen molar-refractivity contribution < 1.29 is 14.3 Å². The number of rotatable bonds is 9. The average Bonchev–Trinajstić information content (AvgIpc) is 2.81. The third-order valence-electron chi connectivity index (χ3n) is 5.26. The summed E-state index contributed by atoms with van der Waals surface area (Å²) < 4.78 is 5.75. The topological polar surface area (TPSA) is 58.6 Å². The first-order valence-electron chi connectivity index (χ1n) is 10.6. The maximum Gasteiger partial charge on any atom is 0.261 e. The molecule has 3 rings (SSSR count). The third-order valence-corrected chi connectivity index (χ3v) is 5.97. The Morgan fingerprint density at radius 3 is 2.27 bits per heavy atom. The molecule has 1 N–H and O–H groups in total. The third kappa shape index (κ3) is 6.73. The van der Waals surface area contributed by atoms with Gasteiger partial charge in [-0.2, -0.15) is 0 Å². The van der Waals surface area contributed by atoms with Crippen molar-refractivity contribution in [3.05, 3.63) is 99.5 Å². The van der Waals surface area contributed by atoms with Crippen molar-refractivity contribution in [1.82, 2.24) is 10.2 Å². The van der Waals surface area contributed by atoms with E-state index < -0.39 is 6.04 Å². The lowest BCUT2D eigenvalue weighted by Gasteiger charge is -2.31. The Kier molecular flexibility index (Phi) is 8.75. The van der Waals surface area contributed by atoms with Crippen LogP contribution in [0.15, 0.2) is 72.8 Å². The minimum Gasteiger partial charge on any atom is -0.484 e. The van der Waals surface area contributed by atoms with Crippen LogP contribution in [-0.4, -0.2) is 36.4 Å². The quantitative estimate of drug-likeness (QED) is 0.461. The highest BCUT2D eigenvalue weighted by atomic mass is 35.5. The van der Waals surface area contributed by atoms with Crippen molar-refractivity contribution in [1.29, 1.82) is 0 Å². The second-order valence-electron chi connectivity index (χ2n) is 7.65. The van der Waals surface area contributed by atoms with Crippen molar-refractivity contribution in [3.8, 4) is 5.75 Å². The molecule has 1 atom stereocenters. The number of nitrogens with one attached hydrogen (secondary N) is 1. The molecule has 33 heavy (non-hydrogen) atoms. The Morgan fingerprint density at radius 1 is 0.970 bits per heavy atom. The molecule has 0 saturated heterocycles. The first kappa shape index (κ1) is 24.6. The van der Waals surface area contributed by atoms with Crippen LogP contribution in [0.1, 0.15) is 16.7 Å². The van der Waals surface area contributed by atoms with Gasteiger partial charge >= 0.3 is 0 Å². The number of ether oxygens (including phenoxy) is 1. The Hall–Kier alpha value is -3.02. The van der Waals surface area contributed by atoms with Gasteiger partial charge in [0.25, 0.3) is 5.91 Å². The molecule has 0 spiro atoms. The van der Waals surface area contributed by atoms with E-state index in [-0.39, 0.29) is 25.0 Å². The van der Waals surface area contributed by atoms with Crippen LogP contribution in [0.5, 0.6) is 5.75 Å². The molecule has 172 valence electrons. The molecule has 3 aromatic carbocycles. The lowest BCUT2D eigenvalue weighted by Crippen LogP contribution is -2.51. The number of halogens is 2. The molecule has 5 nitrogen and oxygen atoms in total. The highest BCUT2D eigenvalue weighted by Crippen LogP contribution is 2.27. The van der Waals surface area contributed by atoms with Gasteiger partial charge in [-0.3, -0.25) is 9.59 Å². The number of aryl methyl sites for hydroxylation is 1. The summed E-state index contributed by atoms with van der Waals surface area (Å²) in [5.74, 6) is -0.0541. The van der Waals surface area contributed by atoms with Gasteiger partial charge in [0, 0.05) is 35.6 Å². The van der Waals surface area contributed by atoms with Gasteiger partial charge in [0.2, 0.25) is 5.91 Å². The van der Waals surface area contributed by atoms with Gasteiger partial charge in [0.15, 0.2) is 6.61 Å². The molecule has 0 saturated carbocycles. The second-order valence-corrected chi connectivity index (χ2v) is 8.46. The lowest BCUT2D eigenvalue weighted by atomic mass is 10.0. The predicted molar refractivity (Wildman–Crippen MR) is 132 cm³/mol. The second kappa shape index (κ2) is 11.7. The van der Waals surface area contributed by atoms with Gasteiger partial charge in [-0.1, -0.05) is 71.7 Å². The number of amides is 2. The summed E-state index contributed by atoms with van der Waals surface area (Å²) in [7, 11) is 1.55. The Balaban J connectivity index is 1.92. The van der Waals surface area contributed by atoms with E-state index >= 15 is 0 Å². The fraction of sp³-hybridized carbons (Fsp3) is 0.231. The highest BCUT2D eigenvalue weighted by molar-refractivity contribution is 6.36. The predicted octanol–water partition coefficient (Wildman–Crippen LogP) is 5.07. The van der Waals surface area contributed by atoms with E-state index in [1.54, 1.807) is 31.3 Å². The largest absolute Gasteiger partial charge is 0.484 e. The maximum atomic E-state index is 13.4. The number of hydrogen-bond acceptors (Lipinski definition) is 3. The molecule has 0 aliphatic rings. The van der Waals surface area contributed by atoms with Crippen molar-refractivity contribution in [3.63, 3.8) is 0 Å². The number of carbonyl (C=O) groups is 2. The van der Waals surface area contributed by atoms with E-state index in [4.69, 9.17) is 27.9 Å². The number of hydrogen-bond donors (Lipinski definition) is 1. The van der Waals surface area contributed by atoms with Crippen LogP contribution in [0.25, 0.3) is 0 Å². The molecule has 0 radical (unpaired) electrons. The van der Waals surface area contributed by atoms with Crippen LogP contribution in [0.4, 0.5) is 0 Å². The molecule has 0 bridgehead atoms. The first-order chi connectivity index (χ1) is 15.9. The molecule has 3 aromatic rings. The number of carbonyl (C=O) groups excluding carboxylic acids is 2. The minimum absolute atomic E-state index is 0.0689. The molecule has 0 unspecified atom stereocenters. The number of likely N-dealkylation sites (N-methyl/N-ethyl adjacent to an activating group) is 1. The minimum atomic E-state index is -0.779. The molecular formula is C26H26Cl2N2O3. The smallest absolute Gasteiger partial charge is 0.261 e. The maximum absolute atomic E-state index is 13.4. The van der Waals surface area contributed by atoms with Crippen LogP contribution in [0.3, 0.4) is 0 Å². The Bertz CT molecular complexity index is 1090. The fourth-order valence-corrected chi connectivity index (χ4v) is 4.02. The van der Waals surface area contributed by atoms with E-state index in [9.17, 15) is 9.59 Å². The molecule has 7 heteroatoms. The van der Waals surface area contributed by atoms with E-state index in [0.29, 0.717) is 27.8 Å². The standard InChI is InChI=1S/C26H26Cl2N2O3/c1-18-8-6-11-20(14-18)33-17-25(31)30(16-21-22(27)12-7-13-23(21)28)24(26(32)29-2)15-19-9-4-3-5-10-19/h3-14,24H,15-17H2,1-2H3,(H,29,32)/t24-/m1/s1. The fourth-order valence-electron chi connectivity index (χ4n) is 3.51. The summed E-state index contributed by atoms with van der Waals surface area (Å²) in [4.78, 5) is 27.8. The van der Waals surface area contributed by atoms with Crippen LogP contribution in [0, 0.1) is 6.92 Å².